The smallest absolute Gasteiger partial charge is 0.255 e. The number of rotatable bonds is 3. The summed E-state index contributed by atoms with van der Waals surface area (Å²) >= 11 is 0. The van der Waals surface area contributed by atoms with E-state index in [-0.39, 0.29) is 12.0 Å². The third-order valence-electron chi connectivity index (χ3n) is 5.01. The normalized spacial score (nSPS) is 24.1. The summed E-state index contributed by atoms with van der Waals surface area (Å²) in [6.07, 6.45) is 7.03. The third kappa shape index (κ3) is 3.60. The van der Waals surface area contributed by atoms with Gasteiger partial charge in [-0.25, -0.2) is 0 Å². The van der Waals surface area contributed by atoms with Gasteiger partial charge in [0.2, 0.25) is 0 Å². The van der Waals surface area contributed by atoms with Gasteiger partial charge in [0.15, 0.2) is 0 Å². The van der Waals surface area contributed by atoms with Crippen LogP contribution in [-0.4, -0.2) is 59.6 Å². The van der Waals surface area contributed by atoms with E-state index in [4.69, 9.17) is 9.15 Å². The van der Waals surface area contributed by atoms with Crippen LogP contribution in [0.3, 0.4) is 0 Å². The first-order chi connectivity index (χ1) is 12.2. The highest BCUT2D eigenvalue weighted by molar-refractivity contribution is 5.94. The quantitative estimate of drug-likeness (QED) is 0.854. The first kappa shape index (κ1) is 16.3. The van der Waals surface area contributed by atoms with E-state index in [1.165, 1.54) is 5.56 Å². The Morgan fingerprint density at radius 2 is 2.24 bits per heavy atom. The van der Waals surface area contributed by atoms with Gasteiger partial charge >= 0.3 is 0 Å². The number of hydrogen-bond acceptors (Lipinski definition) is 5. The van der Waals surface area contributed by atoms with Crippen LogP contribution in [0.15, 0.2) is 41.5 Å². The lowest BCUT2D eigenvalue weighted by Gasteiger charge is -2.22. The summed E-state index contributed by atoms with van der Waals surface area (Å²) in [5.41, 5.74) is 2.84. The Hall–Kier alpha value is -2.18. The van der Waals surface area contributed by atoms with Crippen LogP contribution in [0.4, 0.5) is 0 Å². The van der Waals surface area contributed by atoms with Crippen molar-refractivity contribution in [1.29, 1.82) is 0 Å². The molecule has 2 saturated heterocycles. The summed E-state index contributed by atoms with van der Waals surface area (Å²) in [4.78, 5) is 21.2. The first-order valence-electron chi connectivity index (χ1n) is 8.75. The van der Waals surface area contributed by atoms with Gasteiger partial charge in [0.1, 0.15) is 0 Å². The summed E-state index contributed by atoms with van der Waals surface area (Å²) in [5.74, 6) is 0.394. The molecule has 2 atom stereocenters. The van der Waals surface area contributed by atoms with Gasteiger partial charge in [-0.2, -0.15) is 0 Å². The Kier molecular flexibility index (Phi) is 4.55. The Balaban J connectivity index is 1.42. The van der Waals surface area contributed by atoms with Gasteiger partial charge in [-0.15, -0.1) is 0 Å². The van der Waals surface area contributed by atoms with Crippen molar-refractivity contribution in [3.8, 4) is 0 Å². The molecule has 6 heteroatoms. The van der Waals surface area contributed by atoms with Gasteiger partial charge in [0.05, 0.1) is 30.8 Å². The number of aromatic nitrogens is 1. The lowest BCUT2D eigenvalue weighted by molar-refractivity contribution is 0.0483. The fourth-order valence-electron chi connectivity index (χ4n) is 3.77. The lowest BCUT2D eigenvalue weighted by Crippen LogP contribution is -2.33. The highest BCUT2D eigenvalue weighted by atomic mass is 16.5. The summed E-state index contributed by atoms with van der Waals surface area (Å²) in [6.45, 7) is 6.76. The van der Waals surface area contributed by atoms with E-state index in [9.17, 15) is 4.79 Å². The first-order valence-corrected chi connectivity index (χ1v) is 8.75. The van der Waals surface area contributed by atoms with Gasteiger partial charge in [-0.05, 0) is 24.6 Å². The fraction of sp³-hybridized carbons (Fsp3) is 0.474. The van der Waals surface area contributed by atoms with Crippen molar-refractivity contribution in [3.63, 3.8) is 0 Å². The van der Waals surface area contributed by atoms with Crippen LogP contribution in [0.1, 0.15) is 21.5 Å². The van der Waals surface area contributed by atoms with Gasteiger partial charge in [0, 0.05) is 56.6 Å². The molecule has 0 spiro atoms. The molecule has 4 heterocycles. The maximum atomic E-state index is 12.8. The summed E-state index contributed by atoms with van der Waals surface area (Å²) in [7, 11) is 0. The molecule has 0 bridgehead atoms. The Bertz CT molecular complexity index is 731. The fourth-order valence-corrected chi connectivity index (χ4v) is 3.77. The molecule has 2 aromatic heterocycles. The number of aryl methyl sites for hydroxylation is 1. The average molecular weight is 341 g/mol. The van der Waals surface area contributed by atoms with E-state index in [2.05, 4.69) is 9.88 Å². The minimum absolute atomic E-state index is 0.0502. The van der Waals surface area contributed by atoms with Crippen molar-refractivity contribution >= 4 is 5.91 Å². The van der Waals surface area contributed by atoms with Crippen molar-refractivity contribution in [1.82, 2.24) is 14.8 Å². The lowest BCUT2D eigenvalue weighted by atomic mass is 10.1. The molecule has 0 saturated carbocycles. The molecule has 6 nitrogen and oxygen atoms in total. The number of amides is 1. The molecular weight excluding hydrogens is 318 g/mol. The minimum Gasteiger partial charge on any atom is -0.472 e. The SMILES string of the molecule is Cc1cncc(C(=O)N2C[C@H]3CN(Cc4ccoc4)CCO[C@H]3C2)c1. The Labute approximate surface area is 147 Å². The predicted octanol–water partition coefficient (Wildman–Crippen LogP) is 1.96. The van der Waals surface area contributed by atoms with Gasteiger partial charge in [0.25, 0.3) is 5.91 Å². The number of ether oxygens (including phenoxy) is 1. The predicted molar refractivity (Wildman–Crippen MR) is 92.1 cm³/mol. The van der Waals surface area contributed by atoms with Crippen LogP contribution in [-0.2, 0) is 11.3 Å². The van der Waals surface area contributed by atoms with Crippen LogP contribution in [0.25, 0.3) is 0 Å². The van der Waals surface area contributed by atoms with Crippen molar-refractivity contribution in [3.05, 3.63) is 53.7 Å². The third-order valence-corrected chi connectivity index (χ3v) is 5.01. The molecule has 4 rings (SSSR count). The zero-order chi connectivity index (χ0) is 17.2. The van der Waals surface area contributed by atoms with Gasteiger partial charge < -0.3 is 14.1 Å². The molecule has 0 radical (unpaired) electrons. The molecule has 0 aliphatic carbocycles. The van der Waals surface area contributed by atoms with Crippen molar-refractivity contribution in [2.75, 3.05) is 32.8 Å². The Morgan fingerprint density at radius 1 is 1.32 bits per heavy atom. The number of hydrogen-bond donors (Lipinski definition) is 0. The number of furan rings is 1. The van der Waals surface area contributed by atoms with Crippen LogP contribution in [0, 0.1) is 12.8 Å². The van der Waals surface area contributed by atoms with Crippen LogP contribution in [0.5, 0.6) is 0 Å². The Morgan fingerprint density at radius 3 is 3.04 bits per heavy atom. The van der Waals surface area contributed by atoms with Gasteiger partial charge in [-0.1, -0.05) is 0 Å². The van der Waals surface area contributed by atoms with E-state index >= 15 is 0 Å². The zero-order valence-electron chi connectivity index (χ0n) is 14.4. The standard InChI is InChI=1S/C19H23N3O3/c1-14-6-16(8-20-7-14)19(23)22-11-17-10-21(3-5-25-18(17)12-22)9-15-2-4-24-13-15/h2,4,6-8,13,17-18H,3,5,9-12H2,1H3/t17-,18+/m1/s1. The molecule has 2 aliphatic heterocycles. The maximum Gasteiger partial charge on any atom is 0.255 e. The number of carbonyl (C=O) groups is 1. The monoisotopic (exact) mass is 341 g/mol. The summed E-state index contributed by atoms with van der Waals surface area (Å²) in [5, 5.41) is 0. The molecule has 0 N–H and O–H groups in total. The second kappa shape index (κ2) is 6.98. The minimum atomic E-state index is 0.0502. The molecule has 0 aromatic carbocycles. The number of nitrogens with zero attached hydrogens (tertiary/aromatic N) is 3. The topological polar surface area (TPSA) is 58.8 Å². The second-order valence-electron chi connectivity index (χ2n) is 7.00. The molecule has 1 amide bonds. The molecular formula is C19H23N3O3. The molecule has 0 unspecified atom stereocenters. The molecule has 2 aliphatic rings. The summed E-state index contributed by atoms with van der Waals surface area (Å²) < 4.78 is 11.2. The number of fused-ring (bicyclic) bond motifs is 1. The maximum absolute atomic E-state index is 12.8. The largest absolute Gasteiger partial charge is 0.472 e. The van der Waals surface area contributed by atoms with Crippen LogP contribution < -0.4 is 0 Å². The van der Waals surface area contributed by atoms with E-state index < -0.39 is 0 Å². The molecule has 25 heavy (non-hydrogen) atoms. The molecule has 2 aromatic rings. The van der Waals surface area contributed by atoms with Crippen LogP contribution in [0.2, 0.25) is 0 Å². The van der Waals surface area contributed by atoms with Crippen molar-refractivity contribution < 1.29 is 13.9 Å². The van der Waals surface area contributed by atoms with E-state index in [1.807, 2.05) is 24.0 Å². The van der Waals surface area contributed by atoms with E-state index in [0.29, 0.717) is 24.6 Å². The number of likely N-dealkylation sites (tertiary alicyclic amines) is 1. The highest BCUT2D eigenvalue weighted by Gasteiger charge is 2.38. The second-order valence-corrected chi connectivity index (χ2v) is 7.00. The highest BCUT2D eigenvalue weighted by Crippen LogP contribution is 2.26. The zero-order valence-corrected chi connectivity index (χ0v) is 14.4. The van der Waals surface area contributed by atoms with E-state index in [0.717, 1.165) is 31.7 Å². The van der Waals surface area contributed by atoms with Crippen molar-refractivity contribution in [2.24, 2.45) is 5.92 Å². The average Bonchev–Trinajstić information content (AvgIpc) is 3.21. The van der Waals surface area contributed by atoms with Gasteiger partial charge in [-0.3, -0.25) is 14.7 Å². The molecule has 132 valence electrons. The molecule has 2 fully saturated rings. The van der Waals surface area contributed by atoms with Crippen LogP contribution >= 0.6 is 0 Å². The van der Waals surface area contributed by atoms with Crippen molar-refractivity contribution in [2.45, 2.75) is 19.6 Å². The summed E-state index contributed by atoms with van der Waals surface area (Å²) in [6, 6.07) is 3.90. The number of carbonyl (C=O) groups excluding carboxylic acids is 1. The van der Waals surface area contributed by atoms with E-state index in [1.54, 1.807) is 24.9 Å². The number of pyridine rings is 1.